The number of carbonyl (C=O) groups excluding carboxylic acids is 1. The van der Waals surface area contributed by atoms with E-state index in [1.54, 1.807) is 30.3 Å². The Morgan fingerprint density at radius 2 is 2.05 bits per heavy atom. The highest BCUT2D eigenvalue weighted by atomic mass is 16.4. The molecule has 0 spiro atoms. The minimum Gasteiger partial charge on any atom is -0.481 e. The molecule has 0 aromatic carbocycles. The van der Waals surface area contributed by atoms with Gasteiger partial charge in [-0.15, -0.1) is 0 Å². The summed E-state index contributed by atoms with van der Waals surface area (Å²) >= 11 is 0. The first-order valence-corrected chi connectivity index (χ1v) is 7.27. The van der Waals surface area contributed by atoms with E-state index >= 15 is 0 Å². The number of amides is 1. The molecule has 1 aromatic rings. The van der Waals surface area contributed by atoms with Gasteiger partial charge in [-0.2, -0.15) is 0 Å². The number of hydrogen-bond donors (Lipinski definition) is 1. The van der Waals surface area contributed by atoms with Gasteiger partial charge in [0.05, 0.1) is 12.0 Å². The van der Waals surface area contributed by atoms with E-state index in [1.807, 2.05) is 4.90 Å². The number of carboxylic acids is 1. The van der Waals surface area contributed by atoms with Gasteiger partial charge in [-0.1, -0.05) is 0 Å². The summed E-state index contributed by atoms with van der Waals surface area (Å²) in [5.74, 6) is -0.323. The van der Waals surface area contributed by atoms with Gasteiger partial charge in [-0.25, -0.2) is 4.98 Å². The van der Waals surface area contributed by atoms with Gasteiger partial charge in [0.1, 0.15) is 5.82 Å². The van der Waals surface area contributed by atoms with E-state index in [1.165, 1.54) is 6.42 Å². The molecule has 6 nitrogen and oxygen atoms in total. The van der Waals surface area contributed by atoms with E-state index in [-0.39, 0.29) is 12.3 Å². The van der Waals surface area contributed by atoms with Crippen molar-refractivity contribution in [1.29, 1.82) is 0 Å². The van der Waals surface area contributed by atoms with Crippen LogP contribution in [0.1, 0.15) is 36.0 Å². The van der Waals surface area contributed by atoms with E-state index in [0.29, 0.717) is 17.9 Å². The van der Waals surface area contributed by atoms with Crippen molar-refractivity contribution in [2.45, 2.75) is 25.7 Å². The highest BCUT2D eigenvalue weighted by Gasteiger charge is 2.22. The van der Waals surface area contributed by atoms with Gasteiger partial charge < -0.3 is 14.9 Å². The molecule has 1 fully saturated rings. The second kappa shape index (κ2) is 7.06. The van der Waals surface area contributed by atoms with Crippen molar-refractivity contribution >= 4 is 17.7 Å². The quantitative estimate of drug-likeness (QED) is 0.892. The Bertz CT molecular complexity index is 513. The number of aromatic nitrogens is 1. The van der Waals surface area contributed by atoms with Gasteiger partial charge in [0, 0.05) is 32.9 Å². The number of aliphatic carboxylic acids is 1. The molecule has 2 heterocycles. The third-order valence-electron chi connectivity index (χ3n) is 3.68. The molecule has 0 bridgehead atoms. The zero-order valence-corrected chi connectivity index (χ0v) is 12.3. The van der Waals surface area contributed by atoms with Crippen molar-refractivity contribution in [1.82, 2.24) is 9.88 Å². The van der Waals surface area contributed by atoms with Crippen molar-refractivity contribution in [3.8, 4) is 0 Å². The highest BCUT2D eigenvalue weighted by molar-refractivity contribution is 5.99. The fraction of sp³-hybridized carbons (Fsp3) is 0.533. The molecule has 0 atom stereocenters. The van der Waals surface area contributed by atoms with Gasteiger partial charge in [0.25, 0.3) is 5.91 Å². The van der Waals surface area contributed by atoms with E-state index in [0.717, 1.165) is 25.9 Å². The lowest BCUT2D eigenvalue weighted by molar-refractivity contribution is -0.136. The fourth-order valence-electron chi connectivity index (χ4n) is 2.50. The maximum Gasteiger partial charge on any atom is 0.305 e. The minimum absolute atomic E-state index is 0.0139. The minimum atomic E-state index is -0.860. The lowest BCUT2D eigenvalue weighted by Gasteiger charge is -2.28. The topological polar surface area (TPSA) is 73.7 Å². The number of carboxylic acid groups (broad SMARTS) is 1. The Kier molecular flexibility index (Phi) is 5.14. The highest BCUT2D eigenvalue weighted by Crippen LogP contribution is 2.20. The number of pyridine rings is 1. The predicted molar refractivity (Wildman–Crippen MR) is 79.5 cm³/mol. The van der Waals surface area contributed by atoms with E-state index in [2.05, 4.69) is 4.98 Å². The second-order valence-corrected chi connectivity index (χ2v) is 5.29. The molecular formula is C15H21N3O3. The molecule has 0 aliphatic carbocycles. The summed E-state index contributed by atoms with van der Waals surface area (Å²) in [5, 5.41) is 8.77. The first-order chi connectivity index (χ1) is 10.1. The molecule has 2 rings (SSSR count). The third kappa shape index (κ3) is 3.93. The Labute approximate surface area is 124 Å². The summed E-state index contributed by atoms with van der Waals surface area (Å²) in [5.41, 5.74) is 0.548. The molecule has 1 aliphatic heterocycles. The van der Waals surface area contributed by atoms with Crippen molar-refractivity contribution in [2.24, 2.45) is 0 Å². The van der Waals surface area contributed by atoms with Crippen LogP contribution >= 0.6 is 0 Å². The lowest BCUT2D eigenvalue weighted by Crippen LogP contribution is -2.37. The van der Waals surface area contributed by atoms with Gasteiger partial charge in [0.2, 0.25) is 0 Å². The number of carbonyl (C=O) groups is 2. The van der Waals surface area contributed by atoms with Crippen LogP contribution in [0.4, 0.5) is 5.82 Å². The van der Waals surface area contributed by atoms with Crippen LogP contribution in [0.25, 0.3) is 0 Å². The van der Waals surface area contributed by atoms with Crippen LogP contribution in [0.15, 0.2) is 18.3 Å². The molecule has 0 radical (unpaired) electrons. The average Bonchev–Trinajstić information content (AvgIpc) is 2.52. The van der Waals surface area contributed by atoms with Crippen LogP contribution in [-0.2, 0) is 4.79 Å². The maximum atomic E-state index is 12.6. The summed E-state index contributed by atoms with van der Waals surface area (Å²) in [6.07, 6.45) is 4.89. The molecular weight excluding hydrogens is 270 g/mol. The lowest BCUT2D eigenvalue weighted by atomic mass is 10.1. The largest absolute Gasteiger partial charge is 0.481 e. The molecule has 114 valence electrons. The first-order valence-electron chi connectivity index (χ1n) is 7.27. The Balaban J connectivity index is 2.15. The maximum absolute atomic E-state index is 12.6. The Hall–Kier alpha value is -2.11. The molecule has 1 aliphatic rings. The van der Waals surface area contributed by atoms with E-state index < -0.39 is 5.97 Å². The summed E-state index contributed by atoms with van der Waals surface area (Å²) in [4.78, 5) is 31.1. The molecule has 0 unspecified atom stereocenters. The van der Waals surface area contributed by atoms with Gasteiger partial charge >= 0.3 is 5.97 Å². The van der Waals surface area contributed by atoms with Crippen molar-refractivity contribution in [3.63, 3.8) is 0 Å². The van der Waals surface area contributed by atoms with Gasteiger partial charge in [0.15, 0.2) is 0 Å². The predicted octanol–water partition coefficient (Wildman–Crippen LogP) is 1.62. The number of nitrogens with zero attached hydrogens (tertiary/aromatic N) is 3. The summed E-state index contributed by atoms with van der Waals surface area (Å²) < 4.78 is 0. The smallest absolute Gasteiger partial charge is 0.305 e. The summed E-state index contributed by atoms with van der Waals surface area (Å²) in [6, 6.07) is 3.50. The Morgan fingerprint density at radius 1 is 1.33 bits per heavy atom. The first kappa shape index (κ1) is 15.3. The monoisotopic (exact) mass is 291 g/mol. The number of likely N-dealkylation sites (tertiary alicyclic amines) is 1. The Morgan fingerprint density at radius 3 is 2.71 bits per heavy atom. The van der Waals surface area contributed by atoms with E-state index in [4.69, 9.17) is 5.11 Å². The molecule has 1 aromatic heterocycles. The van der Waals surface area contributed by atoms with Crippen molar-refractivity contribution in [2.75, 3.05) is 31.6 Å². The molecule has 1 saturated heterocycles. The molecule has 1 N–H and O–H groups in total. The van der Waals surface area contributed by atoms with Crippen LogP contribution in [0.3, 0.4) is 0 Å². The zero-order valence-electron chi connectivity index (χ0n) is 12.3. The number of hydrogen-bond acceptors (Lipinski definition) is 4. The third-order valence-corrected chi connectivity index (χ3v) is 3.68. The van der Waals surface area contributed by atoms with Gasteiger partial charge in [-0.05, 0) is 31.4 Å². The zero-order chi connectivity index (χ0) is 15.2. The van der Waals surface area contributed by atoms with Crippen molar-refractivity contribution < 1.29 is 14.7 Å². The summed E-state index contributed by atoms with van der Waals surface area (Å²) in [6.45, 7) is 1.89. The number of anilines is 1. The SMILES string of the molecule is CN(CCC(=O)O)c1ncccc1C(=O)N1CCCCC1. The van der Waals surface area contributed by atoms with Crippen LogP contribution in [0.5, 0.6) is 0 Å². The average molecular weight is 291 g/mol. The molecule has 21 heavy (non-hydrogen) atoms. The van der Waals surface area contributed by atoms with Crippen molar-refractivity contribution in [3.05, 3.63) is 23.9 Å². The second-order valence-electron chi connectivity index (χ2n) is 5.29. The molecule has 6 heteroatoms. The summed E-state index contributed by atoms with van der Waals surface area (Å²) in [7, 11) is 1.76. The molecule has 1 amide bonds. The van der Waals surface area contributed by atoms with Crippen LogP contribution in [0, 0.1) is 0 Å². The number of rotatable bonds is 5. The van der Waals surface area contributed by atoms with Crippen LogP contribution in [-0.4, -0.2) is 53.5 Å². The van der Waals surface area contributed by atoms with Crippen LogP contribution in [0.2, 0.25) is 0 Å². The molecule has 0 saturated carbocycles. The number of piperidine rings is 1. The normalized spacial score (nSPS) is 14.8. The van der Waals surface area contributed by atoms with Gasteiger partial charge in [-0.3, -0.25) is 9.59 Å². The fourth-order valence-corrected chi connectivity index (χ4v) is 2.50. The van der Waals surface area contributed by atoms with Crippen LogP contribution < -0.4 is 4.90 Å². The van der Waals surface area contributed by atoms with E-state index in [9.17, 15) is 9.59 Å². The standard InChI is InChI=1S/C15H21N3O3/c1-17(11-7-13(19)20)14-12(6-5-8-16-14)15(21)18-9-3-2-4-10-18/h5-6,8H,2-4,7,9-11H2,1H3,(H,19,20).